The third-order valence-corrected chi connectivity index (χ3v) is 4.02. The highest BCUT2D eigenvalue weighted by Crippen LogP contribution is 2.53. The maximum absolute atomic E-state index is 6.02. The minimum absolute atomic E-state index is 0.521. The lowest BCUT2D eigenvalue weighted by molar-refractivity contribution is 0.586. The highest BCUT2D eigenvalue weighted by Gasteiger charge is 2.49. The predicted octanol–water partition coefficient (Wildman–Crippen LogP) is 2.91. The molecule has 5 unspecified atom stereocenters. The Morgan fingerprint density at radius 1 is 1.40 bits per heavy atom. The van der Waals surface area contributed by atoms with Crippen molar-refractivity contribution in [3.05, 3.63) is 0 Å². The largest absolute Gasteiger partial charge is 0.122 e. The van der Waals surface area contributed by atoms with Gasteiger partial charge in [-0.25, -0.2) is 0 Å². The summed E-state index contributed by atoms with van der Waals surface area (Å²) in [5.74, 6) is 3.74. The van der Waals surface area contributed by atoms with Gasteiger partial charge in [0.1, 0.15) is 0 Å². The fraction of sp³-hybridized carbons (Fsp3) is 1.00. The maximum atomic E-state index is 6.02. The van der Waals surface area contributed by atoms with Crippen LogP contribution in [0.1, 0.15) is 26.7 Å². The molecule has 0 aliphatic heterocycles. The Bertz CT molecular complexity index is 136. The highest BCUT2D eigenvalue weighted by molar-refractivity contribution is 6.22. The number of hydrogen-bond acceptors (Lipinski definition) is 0. The Morgan fingerprint density at radius 2 is 1.90 bits per heavy atom. The van der Waals surface area contributed by atoms with E-state index in [1.54, 1.807) is 0 Å². The van der Waals surface area contributed by atoms with Crippen molar-refractivity contribution < 1.29 is 0 Å². The van der Waals surface area contributed by atoms with E-state index in [1.807, 2.05) is 0 Å². The van der Waals surface area contributed by atoms with E-state index in [9.17, 15) is 0 Å². The fourth-order valence-corrected chi connectivity index (χ4v) is 2.35. The Kier molecular flexibility index (Phi) is 1.49. The van der Waals surface area contributed by atoms with Crippen LogP contribution in [0, 0.1) is 23.7 Å². The lowest BCUT2D eigenvalue weighted by Gasteiger charge is -1.92. The van der Waals surface area contributed by atoms with Crippen LogP contribution in [0.2, 0.25) is 0 Å². The van der Waals surface area contributed by atoms with Gasteiger partial charge < -0.3 is 0 Å². The van der Waals surface area contributed by atoms with Crippen LogP contribution in [-0.4, -0.2) is 5.38 Å². The van der Waals surface area contributed by atoms with Gasteiger partial charge in [-0.3, -0.25) is 0 Å². The van der Waals surface area contributed by atoms with E-state index in [2.05, 4.69) is 13.8 Å². The Balaban J connectivity index is 1.73. The van der Waals surface area contributed by atoms with E-state index in [4.69, 9.17) is 11.6 Å². The molecular formula is C9H15Cl. The van der Waals surface area contributed by atoms with Crippen LogP contribution in [-0.2, 0) is 0 Å². The molecule has 2 fully saturated rings. The second-order valence-corrected chi connectivity index (χ2v) is 4.68. The maximum Gasteiger partial charge on any atom is 0.0396 e. The summed E-state index contributed by atoms with van der Waals surface area (Å²) < 4.78 is 0. The Hall–Kier alpha value is 0.290. The van der Waals surface area contributed by atoms with E-state index in [1.165, 1.54) is 12.8 Å². The van der Waals surface area contributed by atoms with E-state index < -0.39 is 0 Å². The highest BCUT2D eigenvalue weighted by atomic mass is 35.5. The van der Waals surface area contributed by atoms with E-state index >= 15 is 0 Å². The lowest BCUT2D eigenvalue weighted by atomic mass is 10.1. The quantitative estimate of drug-likeness (QED) is 0.543. The second-order valence-electron chi connectivity index (χ2n) is 4.18. The SMILES string of the molecule is CC1CC1CC1C(C)C1Cl. The topological polar surface area (TPSA) is 0 Å². The van der Waals surface area contributed by atoms with Gasteiger partial charge in [0.2, 0.25) is 0 Å². The molecule has 0 N–H and O–H groups in total. The molecule has 0 radical (unpaired) electrons. The zero-order valence-corrected chi connectivity index (χ0v) is 7.43. The summed E-state index contributed by atoms with van der Waals surface area (Å²) in [7, 11) is 0. The summed E-state index contributed by atoms with van der Waals surface area (Å²) >= 11 is 6.02. The van der Waals surface area contributed by atoms with Gasteiger partial charge in [0.05, 0.1) is 0 Å². The average Bonchev–Trinajstić information content (AvgIpc) is 2.70. The van der Waals surface area contributed by atoms with Gasteiger partial charge in [-0.15, -0.1) is 11.6 Å². The molecule has 2 saturated carbocycles. The van der Waals surface area contributed by atoms with Gasteiger partial charge in [0.15, 0.2) is 0 Å². The van der Waals surface area contributed by atoms with Gasteiger partial charge in [-0.2, -0.15) is 0 Å². The molecule has 0 amide bonds. The molecular weight excluding hydrogens is 144 g/mol. The van der Waals surface area contributed by atoms with E-state index in [-0.39, 0.29) is 0 Å². The number of alkyl halides is 1. The van der Waals surface area contributed by atoms with Crippen LogP contribution in [0.15, 0.2) is 0 Å². The first-order chi connectivity index (χ1) is 4.70. The van der Waals surface area contributed by atoms with Crippen molar-refractivity contribution in [1.29, 1.82) is 0 Å². The zero-order chi connectivity index (χ0) is 7.30. The Labute approximate surface area is 68.0 Å². The monoisotopic (exact) mass is 158 g/mol. The zero-order valence-electron chi connectivity index (χ0n) is 6.68. The summed E-state index contributed by atoms with van der Waals surface area (Å²) in [6.07, 6.45) is 2.88. The molecule has 5 atom stereocenters. The van der Waals surface area contributed by atoms with Crippen LogP contribution < -0.4 is 0 Å². The van der Waals surface area contributed by atoms with E-state index in [0.717, 1.165) is 23.7 Å². The van der Waals surface area contributed by atoms with Crippen molar-refractivity contribution >= 4 is 11.6 Å². The van der Waals surface area contributed by atoms with E-state index in [0.29, 0.717) is 5.38 Å². The third kappa shape index (κ3) is 1.07. The molecule has 1 heteroatoms. The fourth-order valence-electron chi connectivity index (χ4n) is 1.91. The van der Waals surface area contributed by atoms with Crippen molar-refractivity contribution in [2.75, 3.05) is 0 Å². The molecule has 0 aromatic heterocycles. The molecule has 10 heavy (non-hydrogen) atoms. The molecule has 0 spiro atoms. The minimum atomic E-state index is 0.521. The molecule has 2 aliphatic rings. The van der Waals surface area contributed by atoms with Crippen LogP contribution in [0.5, 0.6) is 0 Å². The number of rotatable bonds is 2. The molecule has 0 nitrogen and oxygen atoms in total. The van der Waals surface area contributed by atoms with Crippen LogP contribution >= 0.6 is 11.6 Å². The lowest BCUT2D eigenvalue weighted by Crippen LogP contribution is -1.84. The van der Waals surface area contributed by atoms with Gasteiger partial charge in [0.25, 0.3) is 0 Å². The summed E-state index contributed by atoms with van der Waals surface area (Å²) in [6, 6.07) is 0. The van der Waals surface area contributed by atoms with Crippen LogP contribution in [0.25, 0.3) is 0 Å². The molecule has 0 aromatic carbocycles. The predicted molar refractivity (Wildman–Crippen MR) is 44.2 cm³/mol. The molecule has 0 saturated heterocycles. The van der Waals surface area contributed by atoms with Crippen molar-refractivity contribution in [2.45, 2.75) is 32.1 Å². The number of halogens is 1. The first-order valence-electron chi connectivity index (χ1n) is 4.34. The summed E-state index contributed by atoms with van der Waals surface area (Å²) in [5.41, 5.74) is 0. The summed E-state index contributed by atoms with van der Waals surface area (Å²) in [4.78, 5) is 0. The first kappa shape index (κ1) is 6.97. The van der Waals surface area contributed by atoms with Gasteiger partial charge in [0, 0.05) is 5.38 Å². The molecule has 58 valence electrons. The second kappa shape index (κ2) is 2.14. The van der Waals surface area contributed by atoms with Crippen molar-refractivity contribution in [1.82, 2.24) is 0 Å². The standard InChI is InChI=1S/C9H15Cl/c1-5-3-7(5)4-8-6(2)9(8)10/h5-9H,3-4H2,1-2H3. The van der Waals surface area contributed by atoms with Crippen molar-refractivity contribution in [3.63, 3.8) is 0 Å². The normalized spacial score (nSPS) is 58.5. The molecule has 2 rings (SSSR count). The molecule has 2 aliphatic carbocycles. The third-order valence-electron chi connectivity index (χ3n) is 3.30. The summed E-state index contributed by atoms with van der Waals surface area (Å²) in [5, 5.41) is 0.521. The van der Waals surface area contributed by atoms with Gasteiger partial charge in [-0.05, 0) is 36.5 Å². The van der Waals surface area contributed by atoms with Crippen molar-refractivity contribution in [2.24, 2.45) is 23.7 Å². The average molecular weight is 159 g/mol. The van der Waals surface area contributed by atoms with Crippen LogP contribution in [0.4, 0.5) is 0 Å². The first-order valence-corrected chi connectivity index (χ1v) is 4.78. The smallest absolute Gasteiger partial charge is 0.0396 e. The number of hydrogen-bond donors (Lipinski definition) is 0. The minimum Gasteiger partial charge on any atom is -0.122 e. The molecule has 0 bridgehead atoms. The molecule has 0 aromatic rings. The summed E-state index contributed by atoms with van der Waals surface area (Å²) in [6.45, 7) is 4.62. The van der Waals surface area contributed by atoms with Gasteiger partial charge in [-0.1, -0.05) is 13.8 Å². The van der Waals surface area contributed by atoms with Crippen LogP contribution in [0.3, 0.4) is 0 Å². The Morgan fingerprint density at radius 3 is 2.20 bits per heavy atom. The molecule has 0 heterocycles. The van der Waals surface area contributed by atoms with Crippen molar-refractivity contribution in [3.8, 4) is 0 Å². The van der Waals surface area contributed by atoms with Gasteiger partial charge >= 0.3 is 0 Å².